The molecule has 1 saturated heterocycles. The molecule has 1 aromatic carbocycles. The Balaban J connectivity index is 1.85. The van der Waals surface area contributed by atoms with Crippen LogP contribution in [0.25, 0.3) is 0 Å². The summed E-state index contributed by atoms with van der Waals surface area (Å²) in [6, 6.07) is 11.0. The van der Waals surface area contributed by atoms with Crippen molar-refractivity contribution in [1.82, 2.24) is 4.98 Å². The summed E-state index contributed by atoms with van der Waals surface area (Å²) in [6.45, 7) is 1.41. The number of nitrogens with zero attached hydrogens (tertiary/aromatic N) is 2. The second kappa shape index (κ2) is 6.70. The van der Waals surface area contributed by atoms with Crippen LogP contribution in [0.3, 0.4) is 0 Å². The number of anilines is 2. The van der Waals surface area contributed by atoms with E-state index in [2.05, 4.69) is 9.88 Å². The lowest BCUT2D eigenvalue weighted by Gasteiger charge is -2.32. The Hall–Kier alpha value is -2.89. The number of para-hydroxylation sites is 1. The van der Waals surface area contributed by atoms with Gasteiger partial charge in [-0.2, -0.15) is 0 Å². The van der Waals surface area contributed by atoms with Gasteiger partial charge in [0.15, 0.2) is 0 Å². The zero-order valence-corrected chi connectivity index (χ0v) is 13.4. The molecular formula is C18H21N5O. The topological polar surface area (TPSA) is 109 Å². The predicted octanol–water partition coefficient (Wildman–Crippen LogP) is 1.78. The molecule has 0 radical (unpaired) electrons. The van der Waals surface area contributed by atoms with Gasteiger partial charge in [0.25, 0.3) is 0 Å². The van der Waals surface area contributed by atoms with Gasteiger partial charge in [-0.1, -0.05) is 18.2 Å². The van der Waals surface area contributed by atoms with Crippen LogP contribution in [0.2, 0.25) is 0 Å². The average molecular weight is 323 g/mol. The third kappa shape index (κ3) is 3.22. The number of carbonyl (C=O) groups is 1. The molecule has 1 fully saturated rings. The van der Waals surface area contributed by atoms with Crippen LogP contribution in [0.4, 0.5) is 11.5 Å². The maximum atomic E-state index is 11.5. The Bertz CT molecular complexity index is 774. The zero-order chi connectivity index (χ0) is 17.1. The lowest BCUT2D eigenvalue weighted by atomic mass is 9.97. The molecule has 1 atom stereocenters. The molecule has 6 nitrogen and oxygen atoms in total. The second-order valence-corrected chi connectivity index (χ2v) is 6.05. The second-order valence-electron chi connectivity index (χ2n) is 6.05. The van der Waals surface area contributed by atoms with Gasteiger partial charge in [-0.05, 0) is 31.0 Å². The van der Waals surface area contributed by atoms with E-state index in [4.69, 9.17) is 16.9 Å². The minimum Gasteiger partial charge on any atom is -0.398 e. The molecule has 0 aliphatic carbocycles. The van der Waals surface area contributed by atoms with Crippen molar-refractivity contribution in [1.29, 1.82) is 5.41 Å². The van der Waals surface area contributed by atoms with Gasteiger partial charge in [-0.15, -0.1) is 0 Å². The number of benzene rings is 1. The normalized spacial score (nSPS) is 17.5. The molecule has 1 aliphatic heterocycles. The summed E-state index contributed by atoms with van der Waals surface area (Å²) in [7, 11) is 0. The van der Waals surface area contributed by atoms with Crippen LogP contribution in [-0.2, 0) is 4.79 Å². The Labute approximate surface area is 141 Å². The fraction of sp³-hybridized carbons (Fsp3) is 0.278. The van der Waals surface area contributed by atoms with Crippen molar-refractivity contribution in [3.8, 4) is 0 Å². The number of pyridine rings is 1. The number of piperidine rings is 1. The van der Waals surface area contributed by atoms with Crippen LogP contribution in [0.1, 0.15) is 24.0 Å². The summed E-state index contributed by atoms with van der Waals surface area (Å²) >= 11 is 0. The molecule has 6 heteroatoms. The molecule has 2 heterocycles. The highest BCUT2D eigenvalue weighted by atomic mass is 16.1. The molecule has 5 N–H and O–H groups in total. The Morgan fingerprint density at radius 1 is 1.29 bits per heavy atom. The zero-order valence-electron chi connectivity index (χ0n) is 13.4. The molecule has 0 bridgehead atoms. The average Bonchev–Trinajstić information content (AvgIpc) is 2.62. The van der Waals surface area contributed by atoms with Crippen LogP contribution in [-0.4, -0.2) is 29.7 Å². The number of hydrogen-bond donors (Lipinski definition) is 3. The van der Waals surface area contributed by atoms with Crippen LogP contribution >= 0.6 is 0 Å². The summed E-state index contributed by atoms with van der Waals surface area (Å²) in [6.07, 6.45) is 3.41. The lowest BCUT2D eigenvalue weighted by molar-refractivity contribution is -0.122. The number of amides is 1. The first kappa shape index (κ1) is 16.0. The maximum Gasteiger partial charge on any atom is 0.222 e. The lowest BCUT2D eigenvalue weighted by Crippen LogP contribution is -2.41. The van der Waals surface area contributed by atoms with E-state index in [1.165, 1.54) is 0 Å². The minimum absolute atomic E-state index is 0.145. The smallest absolute Gasteiger partial charge is 0.222 e. The summed E-state index contributed by atoms with van der Waals surface area (Å²) in [5.74, 6) is 0.354. The number of rotatable bonds is 4. The highest BCUT2D eigenvalue weighted by Crippen LogP contribution is 2.23. The van der Waals surface area contributed by atoms with Crippen LogP contribution in [0, 0.1) is 11.3 Å². The van der Waals surface area contributed by atoms with E-state index in [1.54, 1.807) is 18.3 Å². The van der Waals surface area contributed by atoms with Crippen molar-refractivity contribution < 1.29 is 4.79 Å². The van der Waals surface area contributed by atoms with E-state index < -0.39 is 0 Å². The fourth-order valence-electron chi connectivity index (χ4n) is 3.04. The molecule has 3 rings (SSSR count). The number of nitrogens with two attached hydrogens (primary N) is 2. The SMILES string of the molecule is N=C(c1ccnc(N2CCCC(C(N)=O)C2)c1)c1ccccc1N. The predicted molar refractivity (Wildman–Crippen MR) is 95.2 cm³/mol. The maximum absolute atomic E-state index is 11.5. The summed E-state index contributed by atoms with van der Waals surface area (Å²) in [5.41, 5.74) is 13.8. The third-order valence-electron chi connectivity index (χ3n) is 4.41. The van der Waals surface area contributed by atoms with E-state index in [0.717, 1.165) is 30.8 Å². The Kier molecular flexibility index (Phi) is 4.46. The third-order valence-corrected chi connectivity index (χ3v) is 4.41. The number of carbonyl (C=O) groups excluding carboxylic acids is 1. The van der Waals surface area contributed by atoms with Crippen LogP contribution < -0.4 is 16.4 Å². The van der Waals surface area contributed by atoms with E-state index in [0.29, 0.717) is 23.5 Å². The number of nitrogens with one attached hydrogen (secondary N) is 1. The van der Waals surface area contributed by atoms with Gasteiger partial charge in [-0.3, -0.25) is 10.2 Å². The van der Waals surface area contributed by atoms with Gasteiger partial charge in [0.2, 0.25) is 5.91 Å². The standard InChI is InChI=1S/C18H21N5O/c19-15-6-2-1-5-14(15)17(20)12-7-8-22-16(10-12)23-9-3-4-13(11-23)18(21)24/h1-2,5-8,10,13,20H,3-4,9,11,19H2,(H2,21,24). The van der Waals surface area contributed by atoms with Gasteiger partial charge in [-0.25, -0.2) is 4.98 Å². The highest BCUT2D eigenvalue weighted by Gasteiger charge is 2.25. The van der Waals surface area contributed by atoms with Crippen molar-refractivity contribution in [2.24, 2.45) is 11.7 Å². The van der Waals surface area contributed by atoms with Crippen molar-refractivity contribution in [2.75, 3.05) is 23.7 Å². The Morgan fingerprint density at radius 2 is 2.08 bits per heavy atom. The largest absolute Gasteiger partial charge is 0.398 e. The first-order chi connectivity index (χ1) is 11.6. The molecule has 1 aromatic heterocycles. The van der Waals surface area contributed by atoms with Crippen LogP contribution in [0.5, 0.6) is 0 Å². The molecule has 1 unspecified atom stereocenters. The van der Waals surface area contributed by atoms with Crippen molar-refractivity contribution in [2.45, 2.75) is 12.8 Å². The monoisotopic (exact) mass is 323 g/mol. The molecule has 1 amide bonds. The number of hydrogen-bond acceptors (Lipinski definition) is 5. The molecule has 0 spiro atoms. The van der Waals surface area contributed by atoms with Crippen LogP contribution in [0.15, 0.2) is 42.6 Å². The Morgan fingerprint density at radius 3 is 2.83 bits per heavy atom. The van der Waals surface area contributed by atoms with Gasteiger partial charge >= 0.3 is 0 Å². The molecular weight excluding hydrogens is 302 g/mol. The number of aromatic nitrogens is 1. The van der Waals surface area contributed by atoms with E-state index in [-0.39, 0.29) is 11.8 Å². The number of nitrogen functional groups attached to an aromatic ring is 1. The molecule has 2 aromatic rings. The quantitative estimate of drug-likeness (QED) is 0.588. The highest BCUT2D eigenvalue weighted by molar-refractivity contribution is 6.14. The molecule has 1 aliphatic rings. The fourth-order valence-corrected chi connectivity index (χ4v) is 3.04. The van der Waals surface area contributed by atoms with Crippen molar-refractivity contribution >= 4 is 23.1 Å². The molecule has 124 valence electrons. The first-order valence-corrected chi connectivity index (χ1v) is 8.00. The van der Waals surface area contributed by atoms with E-state index in [9.17, 15) is 4.79 Å². The van der Waals surface area contributed by atoms with Crippen molar-refractivity contribution in [3.63, 3.8) is 0 Å². The van der Waals surface area contributed by atoms with Crippen molar-refractivity contribution in [3.05, 3.63) is 53.7 Å². The van der Waals surface area contributed by atoms with E-state index >= 15 is 0 Å². The minimum atomic E-state index is -0.263. The van der Waals surface area contributed by atoms with Gasteiger partial charge < -0.3 is 16.4 Å². The summed E-state index contributed by atoms with van der Waals surface area (Å²) < 4.78 is 0. The first-order valence-electron chi connectivity index (χ1n) is 8.00. The van der Waals surface area contributed by atoms with Gasteiger partial charge in [0, 0.05) is 36.1 Å². The summed E-state index contributed by atoms with van der Waals surface area (Å²) in [5, 5.41) is 8.43. The molecule has 24 heavy (non-hydrogen) atoms. The van der Waals surface area contributed by atoms with Gasteiger partial charge in [0.1, 0.15) is 5.82 Å². The van der Waals surface area contributed by atoms with E-state index in [1.807, 2.05) is 24.3 Å². The number of primary amides is 1. The molecule has 0 saturated carbocycles. The van der Waals surface area contributed by atoms with Gasteiger partial charge in [0.05, 0.1) is 11.6 Å². The summed E-state index contributed by atoms with van der Waals surface area (Å²) in [4.78, 5) is 17.9.